The molecule has 0 amide bonds. The molecule has 8 nitrogen and oxygen atoms in total. The molecule has 0 bridgehead atoms. The number of pyridine rings is 2. The number of anilines is 2. The zero-order valence-corrected chi connectivity index (χ0v) is 18.1. The van der Waals surface area contributed by atoms with Crippen LogP contribution in [0, 0.1) is 11.6 Å². The molecule has 2 aromatic rings. The van der Waals surface area contributed by atoms with Crippen LogP contribution >= 0.6 is 0 Å². The molecule has 0 spiro atoms. The van der Waals surface area contributed by atoms with E-state index in [4.69, 9.17) is 9.47 Å². The first-order valence-corrected chi connectivity index (χ1v) is 10.3. The Balaban J connectivity index is 0.000000181. The molecule has 2 aliphatic heterocycles. The van der Waals surface area contributed by atoms with Gasteiger partial charge in [0.15, 0.2) is 23.1 Å². The molecule has 0 radical (unpaired) electrons. The molecule has 0 saturated carbocycles. The summed E-state index contributed by atoms with van der Waals surface area (Å²) >= 11 is 0. The number of ketones is 2. The minimum absolute atomic E-state index is 0.182. The van der Waals surface area contributed by atoms with Crippen LogP contribution < -0.4 is 19.3 Å². The van der Waals surface area contributed by atoms with Crippen molar-refractivity contribution in [3.05, 3.63) is 36.2 Å². The van der Waals surface area contributed by atoms with Crippen LogP contribution in [0.5, 0.6) is 11.5 Å². The van der Waals surface area contributed by atoms with Gasteiger partial charge in [-0.25, -0.2) is 14.4 Å². The van der Waals surface area contributed by atoms with Gasteiger partial charge in [0, 0.05) is 70.2 Å². The normalized spacial score (nSPS) is 16.4. The van der Waals surface area contributed by atoms with Gasteiger partial charge in [0.2, 0.25) is 5.82 Å². The number of piperidine rings is 2. The SMILES string of the molecule is COc1cc(N2CCC(=O)CC2)ncc1F.COc1ccnc(N2CCC(=O)CC2)c1F. The van der Waals surface area contributed by atoms with E-state index in [-0.39, 0.29) is 28.9 Å². The van der Waals surface area contributed by atoms with Gasteiger partial charge in [-0.1, -0.05) is 0 Å². The maximum atomic E-state index is 13.8. The van der Waals surface area contributed by atoms with Crippen LogP contribution in [0.15, 0.2) is 24.5 Å². The molecule has 2 aliphatic rings. The number of Topliss-reactive ketones (excluding diaryl/α,β-unsaturated/α-hetero) is 2. The van der Waals surface area contributed by atoms with Crippen LogP contribution in [-0.4, -0.2) is 61.9 Å². The summed E-state index contributed by atoms with van der Waals surface area (Å²) in [6.07, 6.45) is 4.62. The first kappa shape index (κ1) is 23.4. The number of rotatable bonds is 4. The number of methoxy groups -OCH3 is 2. The van der Waals surface area contributed by atoms with Crippen molar-refractivity contribution in [3.63, 3.8) is 0 Å². The van der Waals surface area contributed by atoms with E-state index in [0.717, 1.165) is 6.20 Å². The molecule has 0 atom stereocenters. The fourth-order valence-electron chi connectivity index (χ4n) is 3.49. The largest absolute Gasteiger partial charge is 0.493 e. The molecule has 0 unspecified atom stereocenters. The van der Waals surface area contributed by atoms with E-state index in [1.807, 2.05) is 4.90 Å². The second kappa shape index (κ2) is 10.8. The second-order valence-electron chi connectivity index (χ2n) is 7.38. The monoisotopic (exact) mass is 448 g/mol. The lowest BCUT2D eigenvalue weighted by molar-refractivity contribution is -0.120. The van der Waals surface area contributed by atoms with Crippen molar-refractivity contribution in [2.45, 2.75) is 25.7 Å². The summed E-state index contributed by atoms with van der Waals surface area (Å²) in [6, 6.07) is 3.04. The Kier molecular flexibility index (Phi) is 7.91. The van der Waals surface area contributed by atoms with E-state index < -0.39 is 11.6 Å². The lowest BCUT2D eigenvalue weighted by Gasteiger charge is -2.27. The number of carbonyl (C=O) groups is 2. The zero-order chi connectivity index (χ0) is 23.1. The molecule has 2 saturated heterocycles. The van der Waals surface area contributed by atoms with E-state index in [2.05, 4.69) is 9.97 Å². The Labute approximate surface area is 185 Å². The van der Waals surface area contributed by atoms with Crippen molar-refractivity contribution in [2.24, 2.45) is 0 Å². The minimum Gasteiger partial charge on any atom is -0.493 e. The Hall–Kier alpha value is -3.30. The topological polar surface area (TPSA) is 84.9 Å². The van der Waals surface area contributed by atoms with E-state index >= 15 is 0 Å². The second-order valence-corrected chi connectivity index (χ2v) is 7.38. The quantitative estimate of drug-likeness (QED) is 0.706. The molecule has 10 heteroatoms. The van der Waals surface area contributed by atoms with Gasteiger partial charge in [-0.3, -0.25) is 9.59 Å². The van der Waals surface area contributed by atoms with E-state index in [9.17, 15) is 18.4 Å². The summed E-state index contributed by atoms with van der Waals surface area (Å²) in [4.78, 5) is 33.9. The number of nitrogens with zero attached hydrogens (tertiary/aromatic N) is 4. The average Bonchev–Trinajstić information content (AvgIpc) is 2.81. The summed E-state index contributed by atoms with van der Waals surface area (Å²) in [5, 5.41) is 0. The van der Waals surface area contributed by atoms with Gasteiger partial charge >= 0.3 is 0 Å². The maximum Gasteiger partial charge on any atom is 0.207 e. The molecule has 2 fully saturated rings. The fraction of sp³-hybridized carbons (Fsp3) is 0.455. The van der Waals surface area contributed by atoms with Crippen LogP contribution in [0.25, 0.3) is 0 Å². The first-order valence-electron chi connectivity index (χ1n) is 10.3. The molecule has 4 heterocycles. The van der Waals surface area contributed by atoms with Crippen LogP contribution in [0.2, 0.25) is 0 Å². The van der Waals surface area contributed by atoms with E-state index in [1.54, 1.807) is 11.0 Å². The predicted octanol–water partition coefficient (Wildman–Crippen LogP) is 2.80. The highest BCUT2D eigenvalue weighted by atomic mass is 19.1. The van der Waals surface area contributed by atoms with Crippen LogP contribution in [-0.2, 0) is 9.59 Å². The number of halogens is 2. The van der Waals surface area contributed by atoms with Gasteiger partial charge in [0.25, 0.3) is 0 Å². The number of carbonyl (C=O) groups excluding carboxylic acids is 2. The van der Waals surface area contributed by atoms with Crippen LogP contribution in [0.1, 0.15) is 25.7 Å². The van der Waals surface area contributed by atoms with Gasteiger partial charge in [-0.15, -0.1) is 0 Å². The zero-order valence-electron chi connectivity index (χ0n) is 18.1. The standard InChI is InChI=1S/2C11H13FN2O2/c1-16-9-2-5-13-11(10(9)12)14-6-3-8(15)4-7-14;1-16-10-6-11(13-7-9(10)12)14-4-2-8(15)3-5-14/h2,5H,3-4,6-7H2,1H3;6-7H,2-5H2,1H3. The molecular formula is C22H26F2N4O4. The highest BCUT2D eigenvalue weighted by molar-refractivity contribution is 5.81. The molecule has 32 heavy (non-hydrogen) atoms. The molecular weight excluding hydrogens is 422 g/mol. The van der Waals surface area contributed by atoms with E-state index in [1.165, 1.54) is 26.5 Å². The van der Waals surface area contributed by atoms with Crippen molar-refractivity contribution >= 4 is 23.2 Å². The third-order valence-electron chi connectivity index (χ3n) is 5.35. The van der Waals surface area contributed by atoms with Crippen LogP contribution in [0.3, 0.4) is 0 Å². The van der Waals surface area contributed by atoms with Gasteiger partial charge in [0.05, 0.1) is 20.4 Å². The molecule has 0 N–H and O–H groups in total. The van der Waals surface area contributed by atoms with Crippen molar-refractivity contribution in [3.8, 4) is 11.5 Å². The predicted molar refractivity (Wildman–Crippen MR) is 114 cm³/mol. The molecule has 0 aliphatic carbocycles. The fourth-order valence-corrected chi connectivity index (χ4v) is 3.49. The third-order valence-corrected chi connectivity index (χ3v) is 5.35. The highest BCUT2D eigenvalue weighted by Crippen LogP contribution is 2.26. The maximum absolute atomic E-state index is 13.8. The Morgan fingerprint density at radius 1 is 0.844 bits per heavy atom. The third kappa shape index (κ3) is 5.68. The lowest BCUT2D eigenvalue weighted by Crippen LogP contribution is -2.34. The summed E-state index contributed by atoms with van der Waals surface area (Å²) in [5.41, 5.74) is 0. The van der Waals surface area contributed by atoms with Gasteiger partial charge < -0.3 is 19.3 Å². The number of hydrogen-bond donors (Lipinski definition) is 0. The minimum atomic E-state index is -0.473. The van der Waals surface area contributed by atoms with E-state index in [0.29, 0.717) is 57.7 Å². The van der Waals surface area contributed by atoms with Gasteiger partial charge in [0.1, 0.15) is 17.4 Å². The van der Waals surface area contributed by atoms with Crippen molar-refractivity contribution in [1.82, 2.24) is 9.97 Å². The highest BCUT2D eigenvalue weighted by Gasteiger charge is 2.22. The molecule has 172 valence electrons. The average molecular weight is 448 g/mol. The summed E-state index contributed by atoms with van der Waals surface area (Å²) in [7, 11) is 2.84. The number of hydrogen-bond acceptors (Lipinski definition) is 8. The van der Waals surface area contributed by atoms with Crippen molar-refractivity contribution in [1.29, 1.82) is 0 Å². The Morgan fingerprint density at radius 3 is 1.97 bits per heavy atom. The van der Waals surface area contributed by atoms with Crippen molar-refractivity contribution in [2.75, 3.05) is 50.2 Å². The smallest absolute Gasteiger partial charge is 0.207 e. The Morgan fingerprint density at radius 2 is 1.41 bits per heavy atom. The summed E-state index contributed by atoms with van der Waals surface area (Å²) in [6.45, 7) is 2.33. The first-order chi connectivity index (χ1) is 15.4. The summed E-state index contributed by atoms with van der Waals surface area (Å²) < 4.78 is 36.8. The summed E-state index contributed by atoms with van der Waals surface area (Å²) in [5.74, 6) is 0.852. The van der Waals surface area contributed by atoms with Gasteiger partial charge in [-0.05, 0) is 0 Å². The Bertz CT molecular complexity index is 951. The number of aromatic nitrogens is 2. The molecule has 0 aromatic carbocycles. The van der Waals surface area contributed by atoms with Crippen molar-refractivity contribution < 1.29 is 27.8 Å². The molecule has 2 aromatic heterocycles. The van der Waals surface area contributed by atoms with Gasteiger partial charge in [-0.2, -0.15) is 4.39 Å². The molecule has 4 rings (SSSR count). The number of ether oxygens (including phenoxy) is 2. The van der Waals surface area contributed by atoms with Crippen LogP contribution in [0.4, 0.5) is 20.4 Å². The lowest BCUT2D eigenvalue weighted by atomic mass is 10.1.